The monoisotopic (exact) mass is 241 g/mol. The molecule has 1 rings (SSSR count). The van der Waals surface area contributed by atoms with Gasteiger partial charge in [0.15, 0.2) is 0 Å². The maximum absolute atomic E-state index is 12.5. The predicted molar refractivity (Wildman–Crippen MR) is 48.7 cm³/mol. The largest absolute Gasteiger partial charge is 0.402 e. The van der Waals surface area contributed by atoms with E-state index < -0.39 is 18.5 Å². The minimum absolute atomic E-state index is 0.0820. The lowest BCUT2D eigenvalue weighted by Gasteiger charge is -2.15. The van der Waals surface area contributed by atoms with Gasteiger partial charge in [0, 0.05) is 6.54 Å². The Balaban J connectivity index is 2.51. The molecule has 1 aromatic rings. The van der Waals surface area contributed by atoms with Crippen LogP contribution >= 0.6 is 11.8 Å². The first kappa shape index (κ1) is 12.3. The Kier molecular flexibility index (Phi) is 3.93. The van der Waals surface area contributed by atoms with Gasteiger partial charge in [-0.25, -0.2) is 8.81 Å². The lowest BCUT2D eigenvalue weighted by Crippen LogP contribution is -2.26. The van der Waals surface area contributed by atoms with E-state index in [2.05, 4.69) is 0 Å². The van der Waals surface area contributed by atoms with E-state index in [0.717, 1.165) is 0 Å². The van der Waals surface area contributed by atoms with Gasteiger partial charge in [-0.05, 0) is 29.5 Å². The van der Waals surface area contributed by atoms with Crippen LogP contribution in [0, 0.1) is 5.82 Å². The molecule has 0 unspecified atom stereocenters. The van der Waals surface area contributed by atoms with Crippen LogP contribution < -0.4 is 0 Å². The summed E-state index contributed by atoms with van der Waals surface area (Å²) in [5, 5.41) is 0. The summed E-state index contributed by atoms with van der Waals surface area (Å²) >= 11 is 5.36. The third kappa shape index (κ3) is 4.99. The summed E-state index contributed by atoms with van der Waals surface area (Å²) in [6, 6.07) is 5.13. The number of nitrogens with zero attached hydrogens (tertiary/aromatic N) is 1. The van der Waals surface area contributed by atoms with E-state index in [-0.39, 0.29) is 6.54 Å². The van der Waals surface area contributed by atoms with Crippen molar-refractivity contribution in [3.63, 3.8) is 0 Å². The molecule has 0 fully saturated rings. The lowest BCUT2D eigenvalue weighted by atomic mass is 10.2. The van der Waals surface area contributed by atoms with E-state index >= 15 is 0 Å². The molecule has 0 atom stereocenters. The lowest BCUT2D eigenvalue weighted by molar-refractivity contribution is -0.136. The first-order valence-electron chi connectivity index (χ1n) is 4.09. The molecular formula is C9H8ClF4N. The Morgan fingerprint density at radius 1 is 1.13 bits per heavy atom. The predicted octanol–water partition coefficient (Wildman–Crippen LogP) is 3.34. The fourth-order valence-corrected chi connectivity index (χ4v) is 1.31. The van der Waals surface area contributed by atoms with E-state index in [4.69, 9.17) is 11.8 Å². The van der Waals surface area contributed by atoms with Gasteiger partial charge in [0.1, 0.15) is 12.4 Å². The zero-order chi connectivity index (χ0) is 11.5. The van der Waals surface area contributed by atoms with Gasteiger partial charge >= 0.3 is 6.18 Å². The van der Waals surface area contributed by atoms with Crippen LogP contribution in [0.1, 0.15) is 5.56 Å². The minimum Gasteiger partial charge on any atom is -0.207 e. The first-order valence-corrected chi connectivity index (χ1v) is 4.42. The number of benzene rings is 1. The molecule has 0 amide bonds. The van der Waals surface area contributed by atoms with Gasteiger partial charge in [-0.1, -0.05) is 12.1 Å². The number of rotatable bonds is 3. The van der Waals surface area contributed by atoms with Gasteiger partial charge in [0.25, 0.3) is 0 Å². The second-order valence-corrected chi connectivity index (χ2v) is 3.50. The summed E-state index contributed by atoms with van der Waals surface area (Å²) < 4.78 is 48.7. The highest BCUT2D eigenvalue weighted by molar-refractivity contribution is 6.13. The molecule has 6 heteroatoms. The van der Waals surface area contributed by atoms with E-state index in [0.29, 0.717) is 9.98 Å². The highest BCUT2D eigenvalue weighted by Gasteiger charge is 2.30. The molecule has 1 aromatic carbocycles. The average molecular weight is 242 g/mol. The molecule has 0 aliphatic heterocycles. The van der Waals surface area contributed by atoms with Crippen molar-refractivity contribution in [3.05, 3.63) is 35.6 Å². The number of hydrogen-bond acceptors (Lipinski definition) is 1. The molecule has 0 spiro atoms. The molecule has 15 heavy (non-hydrogen) atoms. The zero-order valence-corrected chi connectivity index (χ0v) is 8.32. The second-order valence-electron chi connectivity index (χ2n) is 3.02. The quantitative estimate of drug-likeness (QED) is 0.580. The van der Waals surface area contributed by atoms with Crippen LogP contribution in [0.15, 0.2) is 24.3 Å². The van der Waals surface area contributed by atoms with E-state index in [1.165, 1.54) is 24.3 Å². The highest BCUT2D eigenvalue weighted by atomic mass is 35.5. The molecule has 0 aliphatic carbocycles. The molecule has 0 aromatic heterocycles. The van der Waals surface area contributed by atoms with Crippen molar-refractivity contribution in [2.75, 3.05) is 6.54 Å². The summed E-state index contributed by atoms with van der Waals surface area (Å²) in [4.78, 5) is 0. The average Bonchev–Trinajstić information content (AvgIpc) is 2.05. The Bertz CT molecular complexity index is 309. The van der Waals surface area contributed by atoms with E-state index in [9.17, 15) is 17.6 Å². The van der Waals surface area contributed by atoms with Crippen LogP contribution in [0.25, 0.3) is 0 Å². The van der Waals surface area contributed by atoms with Gasteiger partial charge < -0.3 is 0 Å². The fraction of sp³-hybridized carbons (Fsp3) is 0.333. The van der Waals surface area contributed by atoms with E-state index in [1.54, 1.807) is 0 Å². The number of halogens is 5. The van der Waals surface area contributed by atoms with Gasteiger partial charge in [0.05, 0.1) is 0 Å². The topological polar surface area (TPSA) is 3.24 Å². The van der Waals surface area contributed by atoms with Crippen LogP contribution in [0.5, 0.6) is 0 Å². The maximum Gasteiger partial charge on any atom is 0.402 e. The van der Waals surface area contributed by atoms with Crippen molar-refractivity contribution in [2.45, 2.75) is 12.7 Å². The van der Waals surface area contributed by atoms with Crippen LogP contribution in [0.2, 0.25) is 0 Å². The molecule has 0 aliphatic rings. The van der Waals surface area contributed by atoms with Crippen molar-refractivity contribution in [1.82, 2.24) is 4.42 Å². The van der Waals surface area contributed by atoms with Crippen molar-refractivity contribution in [3.8, 4) is 0 Å². The second kappa shape index (κ2) is 4.81. The number of alkyl halides is 3. The molecule has 84 valence electrons. The smallest absolute Gasteiger partial charge is 0.207 e. The van der Waals surface area contributed by atoms with Gasteiger partial charge in [0.2, 0.25) is 0 Å². The Hall–Kier alpha value is -0.810. The Morgan fingerprint density at radius 2 is 1.67 bits per heavy atom. The van der Waals surface area contributed by atoms with E-state index in [1.807, 2.05) is 0 Å². The van der Waals surface area contributed by atoms with Crippen LogP contribution in [0.3, 0.4) is 0 Å². The molecule has 0 radical (unpaired) electrons. The fourth-order valence-electron chi connectivity index (χ4n) is 1.04. The summed E-state index contributed by atoms with van der Waals surface area (Å²) in [6.07, 6.45) is -4.33. The van der Waals surface area contributed by atoms with Gasteiger partial charge in [-0.15, -0.1) is 0 Å². The molecular weight excluding hydrogens is 234 g/mol. The van der Waals surface area contributed by atoms with Crippen LogP contribution in [-0.4, -0.2) is 17.1 Å². The minimum atomic E-state index is -4.33. The van der Waals surface area contributed by atoms with Crippen LogP contribution in [-0.2, 0) is 6.54 Å². The molecule has 0 N–H and O–H groups in total. The van der Waals surface area contributed by atoms with Crippen LogP contribution in [0.4, 0.5) is 17.6 Å². The summed E-state index contributed by atoms with van der Waals surface area (Å²) in [6.45, 7) is -1.28. The first-order chi connectivity index (χ1) is 6.87. The summed E-state index contributed by atoms with van der Waals surface area (Å²) in [7, 11) is 0. The molecule has 0 saturated heterocycles. The van der Waals surface area contributed by atoms with Crippen molar-refractivity contribution >= 4 is 11.8 Å². The Labute approximate surface area is 89.4 Å². The Morgan fingerprint density at radius 3 is 2.13 bits per heavy atom. The summed E-state index contributed by atoms with van der Waals surface area (Å²) in [5.41, 5.74) is 0.524. The maximum atomic E-state index is 12.5. The van der Waals surface area contributed by atoms with Crippen molar-refractivity contribution in [1.29, 1.82) is 0 Å². The summed E-state index contributed by atoms with van der Waals surface area (Å²) in [5.74, 6) is -0.435. The van der Waals surface area contributed by atoms with Gasteiger partial charge in [-0.3, -0.25) is 0 Å². The van der Waals surface area contributed by atoms with Crippen molar-refractivity contribution < 1.29 is 17.6 Å². The standard InChI is InChI=1S/C9H8ClF4N/c10-15(6-9(12,13)14)5-7-1-3-8(11)4-2-7/h1-4H,5-6H2. The normalized spacial score (nSPS) is 12.1. The third-order valence-corrected chi connectivity index (χ3v) is 1.86. The SMILES string of the molecule is Fc1ccc(CN(Cl)CC(F)(F)F)cc1. The molecule has 1 nitrogen and oxygen atoms in total. The zero-order valence-electron chi connectivity index (χ0n) is 7.56. The third-order valence-electron chi connectivity index (χ3n) is 1.62. The highest BCUT2D eigenvalue weighted by Crippen LogP contribution is 2.19. The molecule has 0 bridgehead atoms. The number of hydrogen-bond donors (Lipinski definition) is 0. The van der Waals surface area contributed by atoms with Gasteiger partial charge in [-0.2, -0.15) is 13.2 Å². The molecule has 0 saturated carbocycles. The van der Waals surface area contributed by atoms with Crippen molar-refractivity contribution in [2.24, 2.45) is 0 Å². The molecule has 0 heterocycles.